The highest BCUT2D eigenvalue weighted by atomic mass is 16.5. The van der Waals surface area contributed by atoms with Gasteiger partial charge in [-0.05, 0) is 61.5 Å². The zero-order valence-electron chi connectivity index (χ0n) is 16.1. The molecule has 0 bridgehead atoms. The Morgan fingerprint density at radius 2 is 1.52 bits per heavy atom. The van der Waals surface area contributed by atoms with Crippen LogP contribution in [-0.4, -0.2) is 28.4 Å². The Morgan fingerprint density at radius 3 is 2.17 bits per heavy atom. The molecule has 0 unspecified atom stereocenters. The highest BCUT2D eigenvalue weighted by Gasteiger charge is 2.10. The summed E-state index contributed by atoms with van der Waals surface area (Å²) >= 11 is 0. The molecule has 0 saturated heterocycles. The lowest BCUT2D eigenvalue weighted by Gasteiger charge is -2.09. The molecule has 0 saturated carbocycles. The summed E-state index contributed by atoms with van der Waals surface area (Å²) in [6.45, 7) is 3.94. The molecule has 0 spiro atoms. The van der Waals surface area contributed by atoms with E-state index in [4.69, 9.17) is 4.74 Å². The second-order valence-electron chi connectivity index (χ2n) is 6.06. The number of nitrogens with zero attached hydrogens (tertiary/aromatic N) is 2. The van der Waals surface area contributed by atoms with Crippen molar-refractivity contribution in [3.63, 3.8) is 0 Å². The second kappa shape index (κ2) is 9.32. The van der Waals surface area contributed by atoms with Crippen molar-refractivity contribution in [2.45, 2.75) is 13.8 Å². The van der Waals surface area contributed by atoms with E-state index in [1.165, 1.54) is 19.2 Å². The molecule has 1 aromatic heterocycles. The van der Waals surface area contributed by atoms with E-state index in [0.29, 0.717) is 18.0 Å². The first kappa shape index (κ1) is 19.8. The number of hydrogen-bond acceptors (Lipinski definition) is 6. The maximum atomic E-state index is 12.5. The van der Waals surface area contributed by atoms with Crippen LogP contribution in [0.2, 0.25) is 0 Å². The third-order valence-corrected chi connectivity index (χ3v) is 3.77. The van der Waals surface area contributed by atoms with Crippen molar-refractivity contribution in [3.8, 4) is 5.75 Å². The zero-order chi connectivity index (χ0) is 20.6. The Labute approximate surface area is 168 Å². The molecule has 3 N–H and O–H groups in total. The van der Waals surface area contributed by atoms with Crippen LogP contribution in [0.4, 0.5) is 23.0 Å². The molecule has 2 amide bonds. The first-order valence-electron chi connectivity index (χ1n) is 9.05. The normalized spacial score (nSPS) is 10.1. The number of carbonyl (C=O) groups excluding carboxylic acids is 2. The average Bonchev–Trinajstić information content (AvgIpc) is 2.71. The van der Waals surface area contributed by atoms with E-state index in [-0.39, 0.29) is 23.5 Å². The summed E-state index contributed by atoms with van der Waals surface area (Å²) in [4.78, 5) is 31.9. The minimum absolute atomic E-state index is 0.139. The SMILES string of the molecule is CCOc1ccc(NC(=O)c2ccnc(Nc3ccc(NC(C)=O)cc3)n2)cc1. The van der Waals surface area contributed by atoms with Gasteiger partial charge in [0.25, 0.3) is 5.91 Å². The molecular weight excluding hydrogens is 370 g/mol. The fourth-order valence-electron chi connectivity index (χ4n) is 2.51. The van der Waals surface area contributed by atoms with Crippen molar-refractivity contribution >= 4 is 34.8 Å². The summed E-state index contributed by atoms with van der Waals surface area (Å²) in [6.07, 6.45) is 1.51. The van der Waals surface area contributed by atoms with E-state index in [9.17, 15) is 9.59 Å². The van der Waals surface area contributed by atoms with Gasteiger partial charge >= 0.3 is 0 Å². The summed E-state index contributed by atoms with van der Waals surface area (Å²) < 4.78 is 5.39. The van der Waals surface area contributed by atoms with Crippen LogP contribution in [0.5, 0.6) is 5.75 Å². The molecule has 0 aliphatic rings. The minimum atomic E-state index is -0.347. The standard InChI is InChI=1S/C21H21N5O3/c1-3-29-18-10-8-16(9-11-18)24-20(28)19-12-13-22-21(26-19)25-17-6-4-15(5-7-17)23-14(2)27/h4-13H,3H2,1-2H3,(H,23,27)(H,24,28)(H,22,25,26). The number of aromatic nitrogens is 2. The van der Waals surface area contributed by atoms with Crippen molar-refractivity contribution in [2.24, 2.45) is 0 Å². The number of amides is 2. The Bertz CT molecular complexity index is 988. The van der Waals surface area contributed by atoms with Crippen molar-refractivity contribution in [1.82, 2.24) is 9.97 Å². The summed E-state index contributed by atoms with van der Waals surface area (Å²) in [6, 6.07) is 15.7. The third-order valence-electron chi connectivity index (χ3n) is 3.77. The van der Waals surface area contributed by atoms with Gasteiger partial charge in [-0.25, -0.2) is 9.97 Å². The van der Waals surface area contributed by atoms with Crippen LogP contribution in [0.15, 0.2) is 60.8 Å². The molecule has 0 fully saturated rings. The quantitative estimate of drug-likeness (QED) is 0.565. The smallest absolute Gasteiger partial charge is 0.274 e. The van der Waals surface area contributed by atoms with E-state index in [1.54, 1.807) is 48.5 Å². The molecule has 8 nitrogen and oxygen atoms in total. The van der Waals surface area contributed by atoms with Crippen LogP contribution in [0, 0.1) is 0 Å². The molecule has 8 heteroatoms. The summed E-state index contributed by atoms with van der Waals surface area (Å²) in [5.41, 5.74) is 2.28. The molecule has 1 heterocycles. The van der Waals surface area contributed by atoms with E-state index < -0.39 is 0 Å². The number of benzene rings is 2. The number of hydrogen-bond donors (Lipinski definition) is 3. The molecule has 0 aliphatic carbocycles. The molecular formula is C21H21N5O3. The Morgan fingerprint density at radius 1 is 0.897 bits per heavy atom. The third kappa shape index (κ3) is 5.77. The Hall–Kier alpha value is -3.94. The van der Waals surface area contributed by atoms with Crippen LogP contribution >= 0.6 is 0 Å². The van der Waals surface area contributed by atoms with Gasteiger partial charge in [0, 0.05) is 30.2 Å². The van der Waals surface area contributed by atoms with E-state index in [1.807, 2.05) is 6.92 Å². The first-order chi connectivity index (χ1) is 14.0. The van der Waals surface area contributed by atoms with E-state index in [2.05, 4.69) is 25.9 Å². The zero-order valence-corrected chi connectivity index (χ0v) is 16.1. The van der Waals surface area contributed by atoms with Crippen molar-refractivity contribution in [3.05, 3.63) is 66.5 Å². The molecule has 2 aromatic carbocycles. The summed E-state index contributed by atoms with van der Waals surface area (Å²) in [7, 11) is 0. The predicted molar refractivity (Wildman–Crippen MR) is 112 cm³/mol. The second-order valence-corrected chi connectivity index (χ2v) is 6.06. The highest BCUT2D eigenvalue weighted by Crippen LogP contribution is 2.18. The van der Waals surface area contributed by atoms with Crippen LogP contribution in [-0.2, 0) is 4.79 Å². The van der Waals surface area contributed by atoms with Gasteiger partial charge < -0.3 is 20.7 Å². The fraction of sp³-hybridized carbons (Fsp3) is 0.143. The van der Waals surface area contributed by atoms with Crippen LogP contribution in [0.1, 0.15) is 24.3 Å². The van der Waals surface area contributed by atoms with Gasteiger partial charge in [-0.15, -0.1) is 0 Å². The molecule has 0 atom stereocenters. The lowest BCUT2D eigenvalue weighted by Crippen LogP contribution is -2.14. The van der Waals surface area contributed by atoms with Gasteiger partial charge in [-0.1, -0.05) is 0 Å². The molecule has 3 aromatic rings. The first-order valence-corrected chi connectivity index (χ1v) is 9.05. The van der Waals surface area contributed by atoms with Gasteiger partial charge in [0.1, 0.15) is 11.4 Å². The van der Waals surface area contributed by atoms with Crippen molar-refractivity contribution in [2.75, 3.05) is 22.6 Å². The lowest BCUT2D eigenvalue weighted by molar-refractivity contribution is -0.114. The van der Waals surface area contributed by atoms with Gasteiger partial charge in [0.2, 0.25) is 11.9 Å². The van der Waals surface area contributed by atoms with Gasteiger partial charge in [-0.2, -0.15) is 0 Å². The van der Waals surface area contributed by atoms with Crippen LogP contribution in [0.3, 0.4) is 0 Å². The Kier molecular flexibility index (Phi) is 6.36. The average molecular weight is 391 g/mol. The minimum Gasteiger partial charge on any atom is -0.494 e. The molecule has 0 radical (unpaired) electrons. The van der Waals surface area contributed by atoms with Gasteiger partial charge in [0.15, 0.2) is 0 Å². The number of anilines is 4. The monoisotopic (exact) mass is 391 g/mol. The Balaban J connectivity index is 1.65. The summed E-state index contributed by atoms with van der Waals surface area (Å²) in [5.74, 6) is 0.543. The predicted octanol–water partition coefficient (Wildman–Crippen LogP) is 3.83. The lowest BCUT2D eigenvalue weighted by atomic mass is 10.2. The number of carbonyl (C=O) groups is 2. The molecule has 3 rings (SSSR count). The van der Waals surface area contributed by atoms with Crippen LogP contribution in [0.25, 0.3) is 0 Å². The van der Waals surface area contributed by atoms with E-state index >= 15 is 0 Å². The molecule has 29 heavy (non-hydrogen) atoms. The molecule has 148 valence electrons. The van der Waals surface area contributed by atoms with Crippen molar-refractivity contribution in [1.29, 1.82) is 0 Å². The van der Waals surface area contributed by atoms with E-state index in [0.717, 1.165) is 11.4 Å². The molecule has 0 aliphatic heterocycles. The van der Waals surface area contributed by atoms with Gasteiger partial charge in [0.05, 0.1) is 6.61 Å². The van der Waals surface area contributed by atoms with Crippen LogP contribution < -0.4 is 20.7 Å². The van der Waals surface area contributed by atoms with Crippen molar-refractivity contribution < 1.29 is 14.3 Å². The number of rotatable bonds is 7. The largest absolute Gasteiger partial charge is 0.494 e. The summed E-state index contributed by atoms with van der Waals surface area (Å²) in [5, 5.41) is 8.52. The number of ether oxygens (including phenoxy) is 1. The fourth-order valence-corrected chi connectivity index (χ4v) is 2.51. The van der Waals surface area contributed by atoms with Gasteiger partial charge in [-0.3, -0.25) is 9.59 Å². The maximum absolute atomic E-state index is 12.5. The number of nitrogens with one attached hydrogen (secondary N) is 3. The topological polar surface area (TPSA) is 105 Å². The highest BCUT2D eigenvalue weighted by molar-refractivity contribution is 6.03. The maximum Gasteiger partial charge on any atom is 0.274 e.